The summed E-state index contributed by atoms with van der Waals surface area (Å²) in [6.07, 6.45) is 10.0. The van der Waals surface area contributed by atoms with Gasteiger partial charge in [0.15, 0.2) is 0 Å². The Bertz CT molecular complexity index is 530. The SMILES string of the molecule is N#Cc1cc2c(nc1NCCOC1CCCCC1)CCC2. The number of aromatic nitrogens is 1. The van der Waals surface area contributed by atoms with Gasteiger partial charge in [-0.1, -0.05) is 19.3 Å². The van der Waals surface area contributed by atoms with Crippen molar-refractivity contribution in [2.45, 2.75) is 57.5 Å². The number of fused-ring (bicyclic) bond motifs is 1. The topological polar surface area (TPSA) is 57.9 Å². The fourth-order valence-corrected chi connectivity index (χ4v) is 3.32. The molecule has 0 spiro atoms. The highest BCUT2D eigenvalue weighted by atomic mass is 16.5. The second-order valence-electron chi connectivity index (χ2n) is 6.01. The molecule has 0 atom stereocenters. The molecular formula is C17H23N3O. The molecule has 0 saturated heterocycles. The molecule has 0 bridgehead atoms. The Labute approximate surface area is 126 Å². The Hall–Kier alpha value is -1.60. The maximum Gasteiger partial charge on any atom is 0.144 e. The van der Waals surface area contributed by atoms with Gasteiger partial charge in [-0.05, 0) is 43.7 Å². The lowest BCUT2D eigenvalue weighted by atomic mass is 9.98. The zero-order chi connectivity index (χ0) is 14.5. The van der Waals surface area contributed by atoms with Crippen LogP contribution in [0.1, 0.15) is 55.3 Å². The summed E-state index contributed by atoms with van der Waals surface area (Å²) in [7, 11) is 0. The first-order chi connectivity index (χ1) is 10.4. The van der Waals surface area contributed by atoms with Crippen molar-refractivity contribution in [3.8, 4) is 6.07 Å². The van der Waals surface area contributed by atoms with Gasteiger partial charge < -0.3 is 10.1 Å². The Morgan fingerprint density at radius 1 is 1.24 bits per heavy atom. The van der Waals surface area contributed by atoms with Crippen molar-refractivity contribution in [1.82, 2.24) is 4.98 Å². The lowest BCUT2D eigenvalue weighted by Gasteiger charge is -2.22. The smallest absolute Gasteiger partial charge is 0.144 e. The van der Waals surface area contributed by atoms with Crippen LogP contribution in [0.4, 0.5) is 5.82 Å². The molecular weight excluding hydrogens is 262 g/mol. The van der Waals surface area contributed by atoms with Crippen molar-refractivity contribution in [3.63, 3.8) is 0 Å². The highest BCUT2D eigenvalue weighted by Gasteiger charge is 2.16. The Kier molecular flexibility index (Phi) is 4.72. The third-order valence-electron chi connectivity index (χ3n) is 4.47. The highest BCUT2D eigenvalue weighted by Crippen LogP contribution is 2.25. The van der Waals surface area contributed by atoms with E-state index in [-0.39, 0.29) is 0 Å². The molecule has 1 fully saturated rings. The van der Waals surface area contributed by atoms with Crippen LogP contribution in [-0.2, 0) is 17.6 Å². The van der Waals surface area contributed by atoms with E-state index in [0.29, 0.717) is 18.3 Å². The molecule has 0 aliphatic heterocycles. The van der Waals surface area contributed by atoms with Crippen LogP contribution in [0.2, 0.25) is 0 Å². The van der Waals surface area contributed by atoms with E-state index in [1.165, 1.54) is 37.7 Å². The first-order valence-electron chi connectivity index (χ1n) is 8.15. The Morgan fingerprint density at radius 2 is 2.10 bits per heavy atom. The number of nitrogens with one attached hydrogen (secondary N) is 1. The maximum absolute atomic E-state index is 9.25. The zero-order valence-corrected chi connectivity index (χ0v) is 12.5. The van der Waals surface area contributed by atoms with E-state index in [1.807, 2.05) is 6.07 Å². The molecule has 0 radical (unpaired) electrons. The van der Waals surface area contributed by atoms with Gasteiger partial charge in [0.2, 0.25) is 0 Å². The summed E-state index contributed by atoms with van der Waals surface area (Å²) in [5.74, 6) is 0.727. The second kappa shape index (κ2) is 6.91. The zero-order valence-electron chi connectivity index (χ0n) is 12.5. The molecule has 0 aromatic carbocycles. The van der Waals surface area contributed by atoms with E-state index in [2.05, 4.69) is 16.4 Å². The first-order valence-corrected chi connectivity index (χ1v) is 8.15. The van der Waals surface area contributed by atoms with Gasteiger partial charge in [0.05, 0.1) is 18.3 Å². The van der Waals surface area contributed by atoms with E-state index in [1.54, 1.807) is 0 Å². The number of rotatable bonds is 5. The van der Waals surface area contributed by atoms with Crippen LogP contribution in [0, 0.1) is 11.3 Å². The molecule has 1 heterocycles. The predicted octanol–water partition coefficient (Wildman–Crippen LogP) is 3.20. The molecule has 4 heteroatoms. The Morgan fingerprint density at radius 3 is 2.90 bits per heavy atom. The van der Waals surface area contributed by atoms with E-state index in [0.717, 1.165) is 37.3 Å². The first kappa shape index (κ1) is 14.3. The summed E-state index contributed by atoms with van der Waals surface area (Å²) in [6.45, 7) is 1.41. The minimum Gasteiger partial charge on any atom is -0.376 e. The van der Waals surface area contributed by atoms with Crippen LogP contribution in [0.5, 0.6) is 0 Å². The van der Waals surface area contributed by atoms with Crippen LogP contribution in [0.15, 0.2) is 6.07 Å². The number of nitriles is 1. The van der Waals surface area contributed by atoms with Gasteiger partial charge in [-0.15, -0.1) is 0 Å². The molecule has 1 saturated carbocycles. The van der Waals surface area contributed by atoms with Gasteiger partial charge in [-0.3, -0.25) is 0 Å². The number of pyridine rings is 1. The van der Waals surface area contributed by atoms with Crippen molar-refractivity contribution in [2.75, 3.05) is 18.5 Å². The van der Waals surface area contributed by atoms with Gasteiger partial charge in [0, 0.05) is 12.2 Å². The third kappa shape index (κ3) is 3.54. The fraction of sp³-hybridized carbons (Fsp3) is 0.647. The average molecular weight is 285 g/mol. The molecule has 0 amide bonds. The third-order valence-corrected chi connectivity index (χ3v) is 4.47. The normalized spacial score (nSPS) is 18.2. The van der Waals surface area contributed by atoms with Gasteiger partial charge >= 0.3 is 0 Å². The van der Waals surface area contributed by atoms with Crippen molar-refractivity contribution in [1.29, 1.82) is 5.26 Å². The summed E-state index contributed by atoms with van der Waals surface area (Å²) >= 11 is 0. The summed E-state index contributed by atoms with van der Waals surface area (Å²) in [6, 6.07) is 4.25. The van der Waals surface area contributed by atoms with Crippen LogP contribution in [-0.4, -0.2) is 24.2 Å². The summed E-state index contributed by atoms with van der Waals surface area (Å²) in [5.41, 5.74) is 3.06. The number of aryl methyl sites for hydroxylation is 2. The van der Waals surface area contributed by atoms with Crippen molar-refractivity contribution >= 4 is 5.82 Å². The molecule has 1 aromatic heterocycles. The van der Waals surface area contributed by atoms with Gasteiger partial charge in [-0.2, -0.15) is 5.26 Å². The molecule has 21 heavy (non-hydrogen) atoms. The molecule has 2 aliphatic rings. The highest BCUT2D eigenvalue weighted by molar-refractivity contribution is 5.55. The van der Waals surface area contributed by atoms with Crippen LogP contribution in [0.25, 0.3) is 0 Å². The van der Waals surface area contributed by atoms with E-state index >= 15 is 0 Å². The standard InChI is InChI=1S/C17H23N3O/c18-12-14-11-13-5-4-8-16(13)20-17(14)19-9-10-21-15-6-2-1-3-7-15/h11,15H,1-10H2,(H,19,20). The largest absolute Gasteiger partial charge is 0.376 e. The van der Waals surface area contributed by atoms with E-state index in [9.17, 15) is 5.26 Å². The quantitative estimate of drug-likeness (QED) is 0.844. The van der Waals surface area contributed by atoms with E-state index < -0.39 is 0 Å². The van der Waals surface area contributed by atoms with Crippen LogP contribution >= 0.6 is 0 Å². The number of hydrogen-bond acceptors (Lipinski definition) is 4. The molecule has 0 unspecified atom stereocenters. The minimum atomic E-state index is 0.434. The molecule has 112 valence electrons. The van der Waals surface area contributed by atoms with E-state index in [4.69, 9.17) is 4.74 Å². The van der Waals surface area contributed by atoms with Gasteiger partial charge in [0.25, 0.3) is 0 Å². The number of anilines is 1. The molecule has 4 nitrogen and oxygen atoms in total. The monoisotopic (exact) mass is 285 g/mol. The van der Waals surface area contributed by atoms with Crippen molar-refractivity contribution in [3.05, 3.63) is 22.9 Å². The van der Waals surface area contributed by atoms with Crippen molar-refractivity contribution in [2.24, 2.45) is 0 Å². The van der Waals surface area contributed by atoms with Crippen LogP contribution < -0.4 is 5.32 Å². The number of nitrogens with zero attached hydrogens (tertiary/aromatic N) is 2. The summed E-state index contributed by atoms with van der Waals surface area (Å²) in [4.78, 5) is 4.62. The second-order valence-corrected chi connectivity index (χ2v) is 6.01. The van der Waals surface area contributed by atoms with Crippen molar-refractivity contribution < 1.29 is 4.74 Å². The van der Waals surface area contributed by atoms with Gasteiger partial charge in [-0.25, -0.2) is 4.98 Å². The average Bonchev–Trinajstić information content (AvgIpc) is 2.99. The lowest BCUT2D eigenvalue weighted by Crippen LogP contribution is -2.21. The summed E-state index contributed by atoms with van der Waals surface area (Å²) < 4.78 is 5.90. The minimum absolute atomic E-state index is 0.434. The number of ether oxygens (including phenoxy) is 1. The molecule has 1 aromatic rings. The summed E-state index contributed by atoms with van der Waals surface area (Å²) in [5, 5.41) is 12.5. The van der Waals surface area contributed by atoms with Gasteiger partial charge in [0.1, 0.15) is 11.9 Å². The fourth-order valence-electron chi connectivity index (χ4n) is 3.32. The van der Waals surface area contributed by atoms with Crippen LogP contribution in [0.3, 0.4) is 0 Å². The molecule has 3 rings (SSSR count). The predicted molar refractivity (Wildman–Crippen MR) is 82.3 cm³/mol. The maximum atomic E-state index is 9.25. The number of hydrogen-bond donors (Lipinski definition) is 1. The Balaban J connectivity index is 1.52. The lowest BCUT2D eigenvalue weighted by molar-refractivity contribution is 0.0347. The molecule has 2 aliphatic carbocycles. The molecule has 1 N–H and O–H groups in total.